The molecule has 0 bridgehead atoms. The summed E-state index contributed by atoms with van der Waals surface area (Å²) in [4.78, 5) is 32.7. The molecule has 0 spiro atoms. The Balaban J connectivity index is 1.58. The third-order valence-electron chi connectivity index (χ3n) is 5.54. The first-order valence-corrected chi connectivity index (χ1v) is 11.2. The predicted octanol–water partition coefficient (Wildman–Crippen LogP) is 6.68. The normalized spacial score (nSPS) is 12.4. The molecule has 0 N–H and O–H groups in total. The number of ether oxygens (including phenoxy) is 1. The molecule has 3 aromatic carbocycles. The molecule has 8 nitrogen and oxygen atoms in total. The van der Waals surface area contributed by atoms with Gasteiger partial charge in [0.25, 0.3) is 11.4 Å². The minimum absolute atomic E-state index is 0.00614. The monoisotopic (exact) mass is 494 g/mol. The molecule has 180 valence electrons. The molecule has 0 unspecified atom stereocenters. The van der Waals surface area contributed by atoms with Crippen LogP contribution in [-0.4, -0.2) is 27.8 Å². The van der Waals surface area contributed by atoms with Crippen LogP contribution in [0.5, 0.6) is 0 Å². The largest absolute Gasteiger partial charge is 0.458 e. The van der Waals surface area contributed by atoms with Crippen molar-refractivity contribution < 1.29 is 19.4 Å². The van der Waals surface area contributed by atoms with Gasteiger partial charge in [-0.05, 0) is 34.6 Å². The van der Waals surface area contributed by atoms with Crippen LogP contribution >= 0.6 is 11.6 Å². The summed E-state index contributed by atoms with van der Waals surface area (Å²) in [7, 11) is 0. The average molecular weight is 495 g/mol. The van der Waals surface area contributed by atoms with E-state index in [1.165, 1.54) is 0 Å². The van der Waals surface area contributed by atoms with Crippen molar-refractivity contribution in [2.75, 3.05) is 6.61 Å². The molecular formula is C26H23ClN2O6. The maximum Gasteiger partial charge on any atom is 0.338 e. The second-order valence-corrected chi connectivity index (χ2v) is 8.64. The van der Waals surface area contributed by atoms with Crippen molar-refractivity contribution in [2.24, 2.45) is 0 Å². The van der Waals surface area contributed by atoms with Crippen LogP contribution in [0.2, 0.25) is 0 Å². The molecule has 0 aliphatic rings. The van der Waals surface area contributed by atoms with E-state index >= 15 is 0 Å². The van der Waals surface area contributed by atoms with Gasteiger partial charge in [0.15, 0.2) is 0 Å². The molecule has 0 heterocycles. The summed E-state index contributed by atoms with van der Waals surface area (Å²) in [5.74, 6) is -0.929. The van der Waals surface area contributed by atoms with E-state index in [2.05, 4.69) is 6.58 Å². The number of hydrogen-bond acceptors (Lipinski definition) is 6. The molecule has 0 aliphatic heterocycles. The quantitative estimate of drug-likeness (QED) is 0.102. The average Bonchev–Trinajstić information content (AvgIpc) is 2.87. The molecule has 0 amide bonds. The summed E-state index contributed by atoms with van der Waals surface area (Å²) < 4.78 is 5.17. The van der Waals surface area contributed by atoms with Crippen molar-refractivity contribution in [1.29, 1.82) is 0 Å². The number of non-ortho nitro benzene ring substituents is 2. The Morgan fingerprint density at radius 3 is 2.03 bits per heavy atom. The first kappa shape index (κ1) is 25.6. The lowest BCUT2D eigenvalue weighted by Gasteiger charge is -2.20. The van der Waals surface area contributed by atoms with Gasteiger partial charge in [-0.15, -0.1) is 11.6 Å². The van der Waals surface area contributed by atoms with Crippen molar-refractivity contribution in [1.82, 2.24) is 0 Å². The van der Waals surface area contributed by atoms with Gasteiger partial charge < -0.3 is 4.74 Å². The molecule has 0 saturated heterocycles. The van der Waals surface area contributed by atoms with E-state index in [9.17, 15) is 25.0 Å². The number of benzene rings is 3. The Kier molecular flexibility index (Phi) is 8.33. The number of esters is 1. The third-order valence-corrected chi connectivity index (χ3v) is 6.07. The zero-order chi connectivity index (χ0) is 25.5. The zero-order valence-electron chi connectivity index (χ0n) is 18.9. The van der Waals surface area contributed by atoms with E-state index in [4.69, 9.17) is 16.3 Å². The Labute approximate surface area is 207 Å². The molecule has 3 rings (SSSR count). The molecule has 2 atom stereocenters. The van der Waals surface area contributed by atoms with E-state index in [-0.39, 0.29) is 23.5 Å². The molecule has 0 fully saturated rings. The van der Waals surface area contributed by atoms with Crippen LogP contribution in [0.3, 0.4) is 0 Å². The van der Waals surface area contributed by atoms with Crippen molar-refractivity contribution >= 4 is 28.9 Å². The van der Waals surface area contributed by atoms with Gasteiger partial charge >= 0.3 is 5.97 Å². The summed E-state index contributed by atoms with van der Waals surface area (Å²) in [6, 6.07) is 20.8. The lowest BCUT2D eigenvalue weighted by Crippen LogP contribution is -2.14. The number of nitro benzene ring substituents is 2. The molecule has 0 radical (unpaired) electrons. The standard InChI is InChI=1S/C26H23ClN2O6/c1-17(16-35-26(30)22-13-23(28(31)32)15-24(14-22)29(33)34)12-25(27)18(2)19-8-10-21(11-9-19)20-6-4-3-5-7-20/h3-11,13-15,18,25H,1,12,16H2,2H3/t18-,25-/m1/s1. The van der Waals surface area contributed by atoms with E-state index in [0.717, 1.165) is 34.9 Å². The smallest absolute Gasteiger partial charge is 0.338 e. The molecule has 0 aromatic heterocycles. The van der Waals surface area contributed by atoms with E-state index < -0.39 is 27.2 Å². The van der Waals surface area contributed by atoms with Crippen molar-refractivity contribution in [3.63, 3.8) is 0 Å². The molecule has 9 heteroatoms. The summed E-state index contributed by atoms with van der Waals surface area (Å²) in [6.07, 6.45) is 0.367. The second-order valence-electron chi connectivity index (χ2n) is 8.08. The third kappa shape index (κ3) is 6.74. The highest BCUT2D eigenvalue weighted by Crippen LogP contribution is 2.30. The number of carbonyl (C=O) groups excluding carboxylic acids is 1. The first-order chi connectivity index (χ1) is 16.7. The lowest BCUT2D eigenvalue weighted by molar-refractivity contribution is -0.394. The fourth-order valence-corrected chi connectivity index (χ4v) is 3.87. The molecule has 35 heavy (non-hydrogen) atoms. The first-order valence-electron chi connectivity index (χ1n) is 10.7. The summed E-state index contributed by atoms with van der Waals surface area (Å²) in [5, 5.41) is 21.7. The highest BCUT2D eigenvalue weighted by molar-refractivity contribution is 6.21. The van der Waals surface area contributed by atoms with Gasteiger partial charge in [-0.25, -0.2) is 4.79 Å². The van der Waals surface area contributed by atoms with Crippen LogP contribution in [0.25, 0.3) is 11.1 Å². The number of carbonyl (C=O) groups is 1. The van der Waals surface area contributed by atoms with Gasteiger partial charge in [0.2, 0.25) is 0 Å². The van der Waals surface area contributed by atoms with Crippen LogP contribution < -0.4 is 0 Å². The van der Waals surface area contributed by atoms with Crippen molar-refractivity contribution in [2.45, 2.75) is 24.6 Å². The maximum absolute atomic E-state index is 12.3. The van der Waals surface area contributed by atoms with Crippen LogP contribution in [0.15, 0.2) is 84.9 Å². The van der Waals surface area contributed by atoms with Crippen molar-refractivity contribution in [3.8, 4) is 11.1 Å². The molecule has 3 aromatic rings. The molecule has 0 aliphatic carbocycles. The highest BCUT2D eigenvalue weighted by atomic mass is 35.5. The second kappa shape index (κ2) is 11.4. The van der Waals surface area contributed by atoms with Crippen LogP contribution in [0, 0.1) is 20.2 Å². The van der Waals surface area contributed by atoms with Gasteiger partial charge in [0.1, 0.15) is 6.61 Å². The molecular weight excluding hydrogens is 472 g/mol. The van der Waals surface area contributed by atoms with Crippen LogP contribution in [0.4, 0.5) is 11.4 Å². The number of halogens is 1. The minimum Gasteiger partial charge on any atom is -0.458 e. The van der Waals surface area contributed by atoms with Crippen LogP contribution in [0.1, 0.15) is 35.2 Å². The predicted molar refractivity (Wildman–Crippen MR) is 134 cm³/mol. The zero-order valence-corrected chi connectivity index (χ0v) is 19.7. The van der Waals surface area contributed by atoms with Gasteiger partial charge in [0, 0.05) is 17.5 Å². The number of nitrogens with zero attached hydrogens (tertiary/aromatic N) is 2. The number of rotatable bonds is 10. The fraction of sp³-hybridized carbons (Fsp3) is 0.192. The fourth-order valence-electron chi connectivity index (χ4n) is 3.50. The number of alkyl halides is 1. The van der Waals surface area contributed by atoms with Gasteiger partial charge in [-0.3, -0.25) is 20.2 Å². The van der Waals surface area contributed by atoms with Gasteiger partial charge in [0.05, 0.1) is 21.5 Å². The summed E-state index contributed by atoms with van der Waals surface area (Å²) in [6.45, 7) is 5.73. The Morgan fingerprint density at radius 1 is 0.943 bits per heavy atom. The van der Waals surface area contributed by atoms with Crippen LogP contribution in [-0.2, 0) is 4.74 Å². The van der Waals surface area contributed by atoms with Gasteiger partial charge in [-0.2, -0.15) is 0 Å². The van der Waals surface area contributed by atoms with E-state index in [1.54, 1.807) is 0 Å². The number of hydrogen-bond donors (Lipinski definition) is 0. The van der Waals surface area contributed by atoms with Gasteiger partial charge in [-0.1, -0.05) is 68.1 Å². The van der Waals surface area contributed by atoms with E-state index in [0.29, 0.717) is 12.0 Å². The van der Waals surface area contributed by atoms with E-state index in [1.807, 2.05) is 61.5 Å². The Hall–Kier alpha value is -4.04. The topological polar surface area (TPSA) is 113 Å². The minimum atomic E-state index is -0.923. The molecule has 0 saturated carbocycles. The number of nitro groups is 2. The maximum atomic E-state index is 12.3. The SMILES string of the molecule is C=C(COC(=O)c1cc([N+](=O)[O-])cc([N+](=O)[O-])c1)C[C@@H](Cl)[C@H](C)c1ccc(-c2ccccc2)cc1. The Morgan fingerprint density at radius 2 is 1.49 bits per heavy atom. The summed E-state index contributed by atoms with van der Waals surface area (Å²) in [5.41, 5.74) is 2.40. The Bertz CT molecular complexity index is 1210. The summed E-state index contributed by atoms with van der Waals surface area (Å²) >= 11 is 6.61. The lowest BCUT2D eigenvalue weighted by atomic mass is 9.92. The van der Waals surface area contributed by atoms with Crippen molar-refractivity contribution in [3.05, 3.63) is 116 Å². The highest BCUT2D eigenvalue weighted by Gasteiger charge is 2.22.